The highest BCUT2D eigenvalue weighted by atomic mass is 32.2. The van der Waals surface area contributed by atoms with Crippen molar-refractivity contribution in [1.82, 2.24) is 14.9 Å². The molecule has 2 saturated heterocycles. The zero-order chi connectivity index (χ0) is 19.6. The lowest BCUT2D eigenvalue weighted by atomic mass is 9.97. The van der Waals surface area contributed by atoms with Gasteiger partial charge in [-0.1, -0.05) is 17.7 Å². The van der Waals surface area contributed by atoms with Crippen molar-refractivity contribution in [2.24, 2.45) is 5.92 Å². The van der Waals surface area contributed by atoms with E-state index in [0.29, 0.717) is 43.4 Å². The van der Waals surface area contributed by atoms with E-state index in [9.17, 15) is 13.2 Å². The van der Waals surface area contributed by atoms with E-state index in [0.717, 1.165) is 36.1 Å². The summed E-state index contributed by atoms with van der Waals surface area (Å²) in [6.45, 7) is 8.16. The third-order valence-electron chi connectivity index (χ3n) is 5.71. The van der Waals surface area contributed by atoms with Gasteiger partial charge in [0.15, 0.2) is 0 Å². The van der Waals surface area contributed by atoms with E-state index in [1.165, 1.54) is 0 Å². The molecule has 2 aliphatic rings. The van der Waals surface area contributed by atoms with E-state index >= 15 is 0 Å². The van der Waals surface area contributed by atoms with E-state index in [1.807, 2.05) is 32.9 Å². The first kappa shape index (κ1) is 20.3. The Morgan fingerprint density at radius 2 is 1.78 bits per heavy atom. The van der Waals surface area contributed by atoms with Gasteiger partial charge in [-0.2, -0.15) is 4.31 Å². The molecule has 2 fully saturated rings. The normalized spacial score (nSPS) is 22.1. The Morgan fingerprint density at radius 3 is 2.33 bits per heavy atom. The third kappa shape index (κ3) is 4.52. The van der Waals surface area contributed by atoms with Gasteiger partial charge in [-0.25, -0.2) is 8.42 Å². The summed E-state index contributed by atoms with van der Waals surface area (Å²) in [5.74, 6) is -0.0403. The smallest absolute Gasteiger partial charge is 0.243 e. The van der Waals surface area contributed by atoms with Gasteiger partial charge >= 0.3 is 0 Å². The molecule has 150 valence electrons. The average molecular weight is 394 g/mol. The summed E-state index contributed by atoms with van der Waals surface area (Å²) < 4.78 is 27.8. The average Bonchev–Trinajstić information content (AvgIpc) is 3.12. The van der Waals surface area contributed by atoms with Gasteiger partial charge in [0, 0.05) is 31.6 Å². The van der Waals surface area contributed by atoms with Gasteiger partial charge < -0.3 is 10.6 Å². The SMILES string of the molecule is Cc1cc(C)c(S(=O)(=O)N2CCC(C(=O)NCC3CCCN3)CC2)c(C)c1. The molecule has 0 aromatic heterocycles. The molecule has 2 heterocycles. The molecule has 6 nitrogen and oxygen atoms in total. The molecule has 2 N–H and O–H groups in total. The number of hydrogen-bond donors (Lipinski definition) is 2. The minimum Gasteiger partial charge on any atom is -0.354 e. The minimum absolute atomic E-state index is 0.0587. The summed E-state index contributed by atoms with van der Waals surface area (Å²) in [4.78, 5) is 12.8. The Labute approximate surface area is 162 Å². The molecule has 0 spiro atoms. The van der Waals surface area contributed by atoms with Crippen LogP contribution in [0.4, 0.5) is 0 Å². The number of carbonyl (C=O) groups excluding carboxylic acids is 1. The summed E-state index contributed by atoms with van der Waals surface area (Å²) in [5.41, 5.74) is 2.64. The molecular formula is C20H31N3O3S. The Balaban J connectivity index is 1.60. The van der Waals surface area contributed by atoms with E-state index in [1.54, 1.807) is 4.31 Å². The number of amides is 1. The van der Waals surface area contributed by atoms with Crippen LogP contribution in [-0.4, -0.2) is 50.9 Å². The number of sulfonamides is 1. The van der Waals surface area contributed by atoms with Crippen LogP contribution in [0.15, 0.2) is 17.0 Å². The Bertz CT molecular complexity index is 770. The molecule has 0 bridgehead atoms. The molecule has 27 heavy (non-hydrogen) atoms. The summed E-state index contributed by atoms with van der Waals surface area (Å²) >= 11 is 0. The van der Waals surface area contributed by atoms with Crippen LogP contribution >= 0.6 is 0 Å². The lowest BCUT2D eigenvalue weighted by molar-refractivity contribution is -0.126. The molecular weight excluding hydrogens is 362 g/mol. The molecule has 3 rings (SSSR count). The van der Waals surface area contributed by atoms with Crippen molar-refractivity contribution in [2.45, 2.75) is 57.4 Å². The number of carbonyl (C=O) groups is 1. The van der Waals surface area contributed by atoms with E-state index in [2.05, 4.69) is 10.6 Å². The van der Waals surface area contributed by atoms with Crippen molar-refractivity contribution in [3.05, 3.63) is 28.8 Å². The van der Waals surface area contributed by atoms with Crippen LogP contribution in [-0.2, 0) is 14.8 Å². The zero-order valence-corrected chi connectivity index (χ0v) is 17.4. The third-order valence-corrected chi connectivity index (χ3v) is 7.92. The largest absolute Gasteiger partial charge is 0.354 e. The highest BCUT2D eigenvalue weighted by Gasteiger charge is 2.33. The second-order valence-corrected chi connectivity index (χ2v) is 9.82. The van der Waals surface area contributed by atoms with Gasteiger partial charge in [-0.05, 0) is 64.1 Å². The zero-order valence-electron chi connectivity index (χ0n) is 16.5. The number of benzene rings is 1. The van der Waals surface area contributed by atoms with Crippen LogP contribution < -0.4 is 10.6 Å². The fourth-order valence-electron chi connectivity index (χ4n) is 4.36. The molecule has 0 radical (unpaired) electrons. The molecule has 7 heteroatoms. The van der Waals surface area contributed by atoms with Crippen molar-refractivity contribution in [3.63, 3.8) is 0 Å². The fourth-order valence-corrected chi connectivity index (χ4v) is 6.24. The fraction of sp³-hybridized carbons (Fsp3) is 0.650. The van der Waals surface area contributed by atoms with Gasteiger partial charge in [0.05, 0.1) is 4.90 Å². The maximum Gasteiger partial charge on any atom is 0.243 e. The van der Waals surface area contributed by atoms with Crippen molar-refractivity contribution in [2.75, 3.05) is 26.2 Å². The molecule has 1 aromatic rings. The number of rotatable bonds is 5. The van der Waals surface area contributed by atoms with E-state index < -0.39 is 10.0 Å². The number of nitrogens with zero attached hydrogens (tertiary/aromatic N) is 1. The Morgan fingerprint density at radius 1 is 1.15 bits per heavy atom. The van der Waals surface area contributed by atoms with Crippen LogP contribution in [0, 0.1) is 26.7 Å². The monoisotopic (exact) mass is 393 g/mol. The van der Waals surface area contributed by atoms with Gasteiger partial charge in [0.25, 0.3) is 0 Å². The predicted octanol–water partition coefficient (Wildman–Crippen LogP) is 1.88. The minimum atomic E-state index is -3.52. The number of aryl methyl sites for hydroxylation is 3. The topological polar surface area (TPSA) is 78.5 Å². The molecule has 1 unspecified atom stereocenters. The van der Waals surface area contributed by atoms with Crippen LogP contribution in [0.3, 0.4) is 0 Å². The van der Waals surface area contributed by atoms with Gasteiger partial charge in [-0.3, -0.25) is 4.79 Å². The van der Waals surface area contributed by atoms with Gasteiger partial charge in [-0.15, -0.1) is 0 Å². The van der Waals surface area contributed by atoms with Crippen molar-refractivity contribution >= 4 is 15.9 Å². The highest BCUT2D eigenvalue weighted by molar-refractivity contribution is 7.89. The van der Waals surface area contributed by atoms with Gasteiger partial charge in [0.1, 0.15) is 0 Å². The molecule has 1 aromatic carbocycles. The molecule has 0 saturated carbocycles. The maximum absolute atomic E-state index is 13.1. The summed E-state index contributed by atoms with van der Waals surface area (Å²) in [6.07, 6.45) is 3.42. The predicted molar refractivity (Wildman–Crippen MR) is 106 cm³/mol. The number of hydrogen-bond acceptors (Lipinski definition) is 4. The molecule has 2 aliphatic heterocycles. The summed E-state index contributed by atoms with van der Waals surface area (Å²) in [7, 11) is -3.52. The number of piperidine rings is 1. The van der Waals surface area contributed by atoms with Crippen molar-refractivity contribution in [3.8, 4) is 0 Å². The van der Waals surface area contributed by atoms with Crippen molar-refractivity contribution < 1.29 is 13.2 Å². The maximum atomic E-state index is 13.1. The standard InChI is InChI=1S/C20H31N3O3S/c1-14-11-15(2)19(16(3)12-14)27(25,26)23-9-6-17(7-10-23)20(24)22-13-18-5-4-8-21-18/h11-12,17-18,21H,4-10,13H2,1-3H3,(H,22,24). The molecule has 1 amide bonds. The van der Waals surface area contributed by atoms with Gasteiger partial charge in [0.2, 0.25) is 15.9 Å². The lowest BCUT2D eigenvalue weighted by Crippen LogP contribution is -2.45. The Hall–Kier alpha value is -1.44. The number of nitrogens with one attached hydrogen (secondary N) is 2. The first-order valence-corrected chi connectivity index (χ1v) is 11.3. The van der Waals surface area contributed by atoms with Crippen LogP contribution in [0.2, 0.25) is 0 Å². The van der Waals surface area contributed by atoms with E-state index in [-0.39, 0.29) is 11.8 Å². The summed E-state index contributed by atoms with van der Waals surface area (Å²) in [5, 5.41) is 6.41. The first-order chi connectivity index (χ1) is 12.8. The van der Waals surface area contributed by atoms with Crippen LogP contribution in [0.1, 0.15) is 42.4 Å². The van der Waals surface area contributed by atoms with Crippen LogP contribution in [0.5, 0.6) is 0 Å². The lowest BCUT2D eigenvalue weighted by Gasteiger charge is -2.31. The molecule has 1 atom stereocenters. The second-order valence-electron chi connectivity index (χ2n) is 7.94. The first-order valence-electron chi connectivity index (χ1n) is 9.88. The second kappa shape index (κ2) is 8.29. The van der Waals surface area contributed by atoms with E-state index in [4.69, 9.17) is 0 Å². The Kier molecular flexibility index (Phi) is 6.23. The highest BCUT2D eigenvalue weighted by Crippen LogP contribution is 2.28. The van der Waals surface area contributed by atoms with Crippen molar-refractivity contribution in [1.29, 1.82) is 0 Å². The summed E-state index contributed by atoms with van der Waals surface area (Å²) in [6, 6.07) is 4.20. The molecule has 0 aliphatic carbocycles. The van der Waals surface area contributed by atoms with Crippen LogP contribution in [0.25, 0.3) is 0 Å². The quantitative estimate of drug-likeness (QED) is 0.801.